The summed E-state index contributed by atoms with van der Waals surface area (Å²) in [6.07, 6.45) is 0. The summed E-state index contributed by atoms with van der Waals surface area (Å²) in [4.78, 5) is 20.5. The van der Waals surface area contributed by atoms with Gasteiger partial charge in [-0.2, -0.15) is 0 Å². The van der Waals surface area contributed by atoms with E-state index in [-0.39, 0.29) is 5.91 Å². The molecular formula is C17H20ClN3O. The predicted octanol–water partition coefficient (Wildman–Crippen LogP) is 2.76. The third kappa shape index (κ3) is 2.13. The lowest BCUT2D eigenvalue weighted by atomic mass is 10.0. The topological polar surface area (TPSA) is 39.3 Å². The molecule has 2 aliphatic rings. The number of rotatable bonds is 1. The Morgan fingerprint density at radius 3 is 2.59 bits per heavy atom. The summed E-state index contributed by atoms with van der Waals surface area (Å²) in [6, 6.07) is 5.71. The first-order valence-electron chi connectivity index (χ1n) is 7.78. The van der Waals surface area contributed by atoms with Crippen LogP contribution in [-0.4, -0.2) is 53.9 Å². The van der Waals surface area contributed by atoms with Gasteiger partial charge < -0.3 is 14.8 Å². The van der Waals surface area contributed by atoms with Crippen molar-refractivity contribution in [2.75, 3.05) is 33.2 Å². The zero-order valence-electron chi connectivity index (χ0n) is 12.9. The van der Waals surface area contributed by atoms with Crippen LogP contribution in [0.25, 0.3) is 10.9 Å². The number of nitrogens with one attached hydrogen (secondary N) is 1. The summed E-state index contributed by atoms with van der Waals surface area (Å²) in [6.45, 7) is 5.96. The number of hydrogen-bond donors (Lipinski definition) is 1. The number of likely N-dealkylation sites (tertiary alicyclic amines) is 2. The third-order valence-corrected chi connectivity index (χ3v) is 5.43. The number of aryl methyl sites for hydroxylation is 1. The Bertz CT molecular complexity index is 740. The van der Waals surface area contributed by atoms with Gasteiger partial charge in [0.1, 0.15) is 5.69 Å². The minimum atomic E-state index is 0.127. The molecule has 1 aromatic heterocycles. The highest BCUT2D eigenvalue weighted by molar-refractivity contribution is 6.31. The van der Waals surface area contributed by atoms with Gasteiger partial charge in [-0.25, -0.2) is 0 Å². The van der Waals surface area contributed by atoms with Crippen molar-refractivity contribution in [2.45, 2.75) is 6.92 Å². The third-order valence-electron chi connectivity index (χ3n) is 5.19. The van der Waals surface area contributed by atoms with Crippen LogP contribution in [0.3, 0.4) is 0 Å². The smallest absolute Gasteiger partial charge is 0.270 e. The highest BCUT2D eigenvalue weighted by atomic mass is 35.5. The number of carbonyl (C=O) groups is 1. The zero-order valence-corrected chi connectivity index (χ0v) is 13.7. The number of nitrogens with zero attached hydrogens (tertiary/aromatic N) is 2. The molecule has 1 amide bonds. The van der Waals surface area contributed by atoms with Gasteiger partial charge in [0.2, 0.25) is 0 Å². The van der Waals surface area contributed by atoms with Crippen LogP contribution in [0.15, 0.2) is 18.2 Å². The van der Waals surface area contributed by atoms with E-state index in [4.69, 9.17) is 11.6 Å². The number of hydrogen-bond acceptors (Lipinski definition) is 2. The highest BCUT2D eigenvalue weighted by Gasteiger charge is 2.41. The summed E-state index contributed by atoms with van der Waals surface area (Å²) >= 11 is 6.07. The van der Waals surface area contributed by atoms with E-state index in [0.29, 0.717) is 22.6 Å². The fourth-order valence-corrected chi connectivity index (χ4v) is 4.24. The number of amides is 1. The Labute approximate surface area is 135 Å². The SMILES string of the molecule is Cc1c(C(=O)N2C[C@H]3CN(C)C[C@H]3C2)[nH]c2ccc(Cl)cc12. The van der Waals surface area contributed by atoms with Crippen LogP contribution in [0.5, 0.6) is 0 Å². The molecule has 4 rings (SSSR count). The van der Waals surface area contributed by atoms with Crippen molar-refractivity contribution in [3.63, 3.8) is 0 Å². The molecule has 2 atom stereocenters. The Hall–Kier alpha value is -1.52. The van der Waals surface area contributed by atoms with Crippen molar-refractivity contribution in [3.8, 4) is 0 Å². The molecule has 1 aromatic carbocycles. The number of H-pyrrole nitrogens is 1. The average Bonchev–Trinajstić information content (AvgIpc) is 3.10. The lowest BCUT2D eigenvalue weighted by Gasteiger charge is -2.19. The predicted molar refractivity (Wildman–Crippen MR) is 88.4 cm³/mol. The number of benzene rings is 1. The molecule has 0 saturated carbocycles. The molecule has 4 nitrogen and oxygen atoms in total. The van der Waals surface area contributed by atoms with Crippen LogP contribution in [0.1, 0.15) is 16.1 Å². The molecule has 2 fully saturated rings. The quantitative estimate of drug-likeness (QED) is 0.878. The lowest BCUT2D eigenvalue weighted by Crippen LogP contribution is -2.32. The van der Waals surface area contributed by atoms with E-state index in [9.17, 15) is 4.79 Å². The Morgan fingerprint density at radius 1 is 1.23 bits per heavy atom. The van der Waals surface area contributed by atoms with Crippen LogP contribution in [0.2, 0.25) is 5.02 Å². The molecule has 116 valence electrons. The van der Waals surface area contributed by atoms with Gasteiger partial charge in [-0.15, -0.1) is 0 Å². The average molecular weight is 318 g/mol. The molecule has 0 bridgehead atoms. The molecule has 0 spiro atoms. The maximum absolute atomic E-state index is 12.9. The van der Waals surface area contributed by atoms with Crippen LogP contribution in [0, 0.1) is 18.8 Å². The van der Waals surface area contributed by atoms with Gasteiger partial charge >= 0.3 is 0 Å². The molecular weight excluding hydrogens is 298 g/mol. The molecule has 2 aromatic rings. The first-order chi connectivity index (χ1) is 10.5. The van der Waals surface area contributed by atoms with E-state index in [1.165, 1.54) is 0 Å². The second kappa shape index (κ2) is 5.00. The maximum atomic E-state index is 12.9. The fraction of sp³-hybridized carbons (Fsp3) is 0.471. The molecule has 0 unspecified atom stereocenters. The number of carbonyl (C=O) groups excluding carboxylic acids is 1. The van der Waals surface area contributed by atoms with Crippen molar-refractivity contribution in [1.82, 2.24) is 14.8 Å². The molecule has 2 aliphatic heterocycles. The van der Waals surface area contributed by atoms with Crippen LogP contribution in [0.4, 0.5) is 0 Å². The summed E-state index contributed by atoms with van der Waals surface area (Å²) in [5.74, 6) is 1.39. The van der Waals surface area contributed by atoms with Gasteiger partial charge in [-0.3, -0.25) is 4.79 Å². The first-order valence-corrected chi connectivity index (χ1v) is 8.16. The fourth-order valence-electron chi connectivity index (χ4n) is 4.06. The van der Waals surface area contributed by atoms with Crippen LogP contribution < -0.4 is 0 Å². The molecule has 5 heteroatoms. The molecule has 2 saturated heterocycles. The normalized spacial score (nSPS) is 25.1. The van der Waals surface area contributed by atoms with E-state index in [1.54, 1.807) is 0 Å². The van der Waals surface area contributed by atoms with Crippen molar-refractivity contribution < 1.29 is 4.79 Å². The number of aromatic nitrogens is 1. The number of aromatic amines is 1. The summed E-state index contributed by atoms with van der Waals surface area (Å²) in [7, 11) is 2.16. The van der Waals surface area contributed by atoms with Crippen molar-refractivity contribution in [3.05, 3.63) is 34.5 Å². The maximum Gasteiger partial charge on any atom is 0.270 e. The van der Waals surface area contributed by atoms with Gasteiger partial charge in [0.05, 0.1) is 0 Å². The summed E-state index contributed by atoms with van der Waals surface area (Å²) in [5.41, 5.74) is 2.69. The monoisotopic (exact) mass is 317 g/mol. The van der Waals surface area contributed by atoms with Gasteiger partial charge in [0, 0.05) is 42.1 Å². The van der Waals surface area contributed by atoms with Gasteiger partial charge in [0.25, 0.3) is 5.91 Å². The van der Waals surface area contributed by atoms with E-state index in [1.807, 2.05) is 30.0 Å². The van der Waals surface area contributed by atoms with Crippen LogP contribution in [-0.2, 0) is 0 Å². The minimum absolute atomic E-state index is 0.127. The summed E-state index contributed by atoms with van der Waals surface area (Å²) in [5, 5.41) is 1.74. The van der Waals surface area contributed by atoms with Crippen molar-refractivity contribution in [2.24, 2.45) is 11.8 Å². The van der Waals surface area contributed by atoms with Crippen molar-refractivity contribution in [1.29, 1.82) is 0 Å². The molecule has 0 aliphatic carbocycles. The largest absolute Gasteiger partial charge is 0.350 e. The standard InChI is InChI=1S/C17H20ClN3O/c1-10-14-5-13(18)3-4-15(14)19-16(10)17(22)21-8-11-6-20(2)7-12(11)9-21/h3-5,11-12,19H,6-9H2,1-2H3/t11-,12+. The second-order valence-electron chi connectivity index (χ2n) is 6.77. The van der Waals surface area contributed by atoms with E-state index < -0.39 is 0 Å². The van der Waals surface area contributed by atoms with E-state index in [2.05, 4.69) is 16.9 Å². The lowest BCUT2D eigenvalue weighted by molar-refractivity contribution is 0.0770. The van der Waals surface area contributed by atoms with Gasteiger partial charge in [-0.05, 0) is 49.6 Å². The van der Waals surface area contributed by atoms with Crippen molar-refractivity contribution >= 4 is 28.4 Å². The van der Waals surface area contributed by atoms with Gasteiger partial charge in [-0.1, -0.05) is 11.6 Å². The Morgan fingerprint density at radius 2 is 1.91 bits per heavy atom. The zero-order chi connectivity index (χ0) is 15.4. The molecule has 0 radical (unpaired) electrons. The minimum Gasteiger partial charge on any atom is -0.350 e. The highest BCUT2D eigenvalue weighted by Crippen LogP contribution is 2.32. The first kappa shape index (κ1) is 14.1. The van der Waals surface area contributed by atoms with Gasteiger partial charge in [0.15, 0.2) is 0 Å². The molecule has 1 N–H and O–H groups in total. The Balaban J connectivity index is 1.63. The van der Waals surface area contributed by atoms with E-state index >= 15 is 0 Å². The van der Waals surface area contributed by atoms with E-state index in [0.717, 1.165) is 42.6 Å². The molecule has 3 heterocycles. The molecule has 22 heavy (non-hydrogen) atoms. The number of halogens is 1. The number of fused-ring (bicyclic) bond motifs is 2. The second-order valence-corrected chi connectivity index (χ2v) is 7.20. The summed E-state index contributed by atoms with van der Waals surface area (Å²) < 4.78 is 0. The van der Waals surface area contributed by atoms with Crippen LogP contribution >= 0.6 is 11.6 Å². The Kier molecular flexibility index (Phi) is 3.20.